The van der Waals surface area contributed by atoms with Crippen LogP contribution in [0, 0.1) is 0 Å². The van der Waals surface area contributed by atoms with Gasteiger partial charge in [-0.25, -0.2) is 0 Å². The summed E-state index contributed by atoms with van der Waals surface area (Å²) in [4.78, 5) is 16.7. The number of nitrogens with one attached hydrogen (secondary N) is 1. The summed E-state index contributed by atoms with van der Waals surface area (Å²) in [5.74, 6) is 1.83. The molecule has 1 aromatic heterocycles. The number of anilines is 1. The molecule has 4 rings (SSSR count). The van der Waals surface area contributed by atoms with E-state index in [1.165, 1.54) is 0 Å². The summed E-state index contributed by atoms with van der Waals surface area (Å²) in [6.45, 7) is 0.624. The van der Waals surface area contributed by atoms with Crippen LogP contribution in [0.2, 0.25) is 0 Å². The quantitative estimate of drug-likeness (QED) is 0.682. The molecule has 1 saturated heterocycles. The van der Waals surface area contributed by atoms with Gasteiger partial charge in [-0.3, -0.25) is 4.79 Å². The smallest absolute Gasteiger partial charge is 0.258 e. The van der Waals surface area contributed by atoms with Gasteiger partial charge in [0.2, 0.25) is 5.82 Å². The zero-order valence-corrected chi connectivity index (χ0v) is 16.2. The molecule has 1 N–H and O–H groups in total. The molecule has 2 heterocycles. The Hall–Kier alpha value is -3.39. The SMILES string of the molecule is COc1ccc(-c2noc(-c3cccc(NC(=O)C4CCCO4)c3)n2)cc1OC. The van der Waals surface area contributed by atoms with Gasteiger partial charge in [0.15, 0.2) is 11.5 Å². The molecule has 1 fully saturated rings. The van der Waals surface area contributed by atoms with Crippen LogP contribution in [-0.2, 0) is 9.53 Å². The number of hydrogen-bond acceptors (Lipinski definition) is 7. The van der Waals surface area contributed by atoms with Gasteiger partial charge < -0.3 is 24.1 Å². The molecular formula is C21H21N3O5. The van der Waals surface area contributed by atoms with Gasteiger partial charge >= 0.3 is 0 Å². The number of benzene rings is 2. The lowest BCUT2D eigenvalue weighted by Crippen LogP contribution is -2.26. The predicted octanol–water partition coefficient (Wildman–Crippen LogP) is 3.54. The van der Waals surface area contributed by atoms with E-state index in [-0.39, 0.29) is 5.91 Å². The van der Waals surface area contributed by atoms with Gasteiger partial charge in [-0.1, -0.05) is 11.2 Å². The third-order valence-electron chi connectivity index (χ3n) is 4.67. The number of carbonyl (C=O) groups is 1. The minimum absolute atomic E-state index is 0.142. The minimum Gasteiger partial charge on any atom is -0.493 e. The molecule has 1 atom stereocenters. The molecule has 29 heavy (non-hydrogen) atoms. The van der Waals surface area contributed by atoms with E-state index in [0.717, 1.165) is 18.4 Å². The molecule has 150 valence electrons. The van der Waals surface area contributed by atoms with E-state index in [1.54, 1.807) is 32.4 Å². The van der Waals surface area contributed by atoms with Gasteiger partial charge in [-0.05, 0) is 49.2 Å². The van der Waals surface area contributed by atoms with Gasteiger partial charge in [0.1, 0.15) is 6.10 Å². The first-order valence-corrected chi connectivity index (χ1v) is 9.27. The molecule has 8 nitrogen and oxygen atoms in total. The van der Waals surface area contributed by atoms with Crippen LogP contribution in [0.15, 0.2) is 47.0 Å². The van der Waals surface area contributed by atoms with Gasteiger partial charge in [0.05, 0.1) is 14.2 Å². The van der Waals surface area contributed by atoms with Crippen molar-refractivity contribution in [3.63, 3.8) is 0 Å². The molecule has 0 spiro atoms. The van der Waals surface area contributed by atoms with Crippen molar-refractivity contribution in [2.75, 3.05) is 26.1 Å². The first-order chi connectivity index (χ1) is 14.2. The monoisotopic (exact) mass is 395 g/mol. The van der Waals surface area contributed by atoms with E-state index >= 15 is 0 Å². The largest absolute Gasteiger partial charge is 0.493 e. The summed E-state index contributed by atoms with van der Waals surface area (Å²) in [7, 11) is 3.15. The highest BCUT2D eigenvalue weighted by Crippen LogP contribution is 2.32. The Kier molecular flexibility index (Phi) is 5.44. The number of aromatic nitrogens is 2. The first-order valence-electron chi connectivity index (χ1n) is 9.27. The molecule has 1 aliphatic heterocycles. The van der Waals surface area contributed by atoms with Gasteiger partial charge in [-0.15, -0.1) is 0 Å². The normalized spacial score (nSPS) is 15.9. The molecule has 0 bridgehead atoms. The van der Waals surface area contributed by atoms with Crippen LogP contribution in [-0.4, -0.2) is 43.0 Å². The minimum atomic E-state index is -0.390. The molecule has 1 amide bonds. The molecular weight excluding hydrogens is 374 g/mol. The molecule has 1 aliphatic rings. The average molecular weight is 395 g/mol. The van der Waals surface area contributed by atoms with Crippen LogP contribution in [0.3, 0.4) is 0 Å². The summed E-state index contributed by atoms with van der Waals surface area (Å²) < 4.78 is 21.4. The van der Waals surface area contributed by atoms with Crippen LogP contribution in [0.4, 0.5) is 5.69 Å². The van der Waals surface area contributed by atoms with Crippen LogP contribution < -0.4 is 14.8 Å². The average Bonchev–Trinajstić information content (AvgIpc) is 3.46. The molecule has 1 unspecified atom stereocenters. The molecule has 0 radical (unpaired) electrons. The fourth-order valence-corrected chi connectivity index (χ4v) is 3.17. The summed E-state index contributed by atoms with van der Waals surface area (Å²) in [6.07, 6.45) is 1.25. The highest BCUT2D eigenvalue weighted by Gasteiger charge is 2.23. The Morgan fingerprint density at radius 2 is 1.97 bits per heavy atom. The summed E-state index contributed by atoms with van der Waals surface area (Å²) in [5, 5.41) is 6.93. The number of methoxy groups -OCH3 is 2. The van der Waals surface area contributed by atoms with E-state index in [4.69, 9.17) is 18.7 Å². The van der Waals surface area contributed by atoms with Gasteiger partial charge in [-0.2, -0.15) is 4.98 Å². The number of carbonyl (C=O) groups excluding carboxylic acids is 1. The van der Waals surface area contributed by atoms with E-state index in [9.17, 15) is 4.79 Å². The number of rotatable bonds is 6. The lowest BCUT2D eigenvalue weighted by Gasteiger charge is -2.10. The fraction of sp³-hybridized carbons (Fsp3) is 0.286. The Balaban J connectivity index is 1.54. The van der Waals surface area contributed by atoms with E-state index < -0.39 is 6.10 Å². The Labute approximate surface area is 167 Å². The zero-order valence-electron chi connectivity index (χ0n) is 16.2. The van der Waals surface area contributed by atoms with Crippen molar-refractivity contribution in [2.45, 2.75) is 18.9 Å². The van der Waals surface area contributed by atoms with Crippen molar-refractivity contribution in [3.8, 4) is 34.3 Å². The summed E-state index contributed by atoms with van der Waals surface area (Å²) in [5.41, 5.74) is 2.09. The van der Waals surface area contributed by atoms with E-state index in [1.807, 2.05) is 24.3 Å². The Morgan fingerprint density at radius 1 is 1.10 bits per heavy atom. The second kappa shape index (κ2) is 8.32. The Morgan fingerprint density at radius 3 is 2.72 bits per heavy atom. The van der Waals surface area contributed by atoms with Gasteiger partial charge in [0, 0.05) is 23.4 Å². The molecule has 2 aromatic carbocycles. The second-order valence-electron chi connectivity index (χ2n) is 6.56. The van der Waals surface area contributed by atoms with E-state index in [2.05, 4.69) is 15.5 Å². The lowest BCUT2D eigenvalue weighted by molar-refractivity contribution is -0.124. The number of nitrogens with zero attached hydrogens (tertiary/aromatic N) is 2. The van der Waals surface area contributed by atoms with Crippen LogP contribution in [0.25, 0.3) is 22.8 Å². The fourth-order valence-electron chi connectivity index (χ4n) is 3.17. The maximum absolute atomic E-state index is 12.3. The van der Waals surface area contributed by atoms with Crippen LogP contribution in [0.5, 0.6) is 11.5 Å². The van der Waals surface area contributed by atoms with Crippen molar-refractivity contribution in [2.24, 2.45) is 0 Å². The molecule has 3 aromatic rings. The number of hydrogen-bond donors (Lipinski definition) is 1. The topological polar surface area (TPSA) is 95.7 Å². The molecule has 8 heteroatoms. The lowest BCUT2D eigenvalue weighted by atomic mass is 10.1. The maximum atomic E-state index is 12.3. The van der Waals surface area contributed by atoms with Gasteiger partial charge in [0.25, 0.3) is 11.8 Å². The van der Waals surface area contributed by atoms with E-state index in [0.29, 0.717) is 41.1 Å². The summed E-state index contributed by atoms with van der Waals surface area (Å²) in [6, 6.07) is 12.7. The van der Waals surface area contributed by atoms with Crippen molar-refractivity contribution in [1.82, 2.24) is 10.1 Å². The highest BCUT2D eigenvalue weighted by atomic mass is 16.5. The number of amides is 1. The highest BCUT2D eigenvalue weighted by molar-refractivity contribution is 5.94. The number of ether oxygens (including phenoxy) is 3. The van der Waals surface area contributed by atoms with Crippen molar-refractivity contribution in [3.05, 3.63) is 42.5 Å². The summed E-state index contributed by atoms with van der Waals surface area (Å²) >= 11 is 0. The molecule has 0 aliphatic carbocycles. The van der Waals surface area contributed by atoms with Crippen molar-refractivity contribution >= 4 is 11.6 Å². The third-order valence-corrected chi connectivity index (χ3v) is 4.67. The second-order valence-corrected chi connectivity index (χ2v) is 6.56. The first kappa shape index (κ1) is 18.9. The molecule has 0 saturated carbocycles. The third kappa shape index (κ3) is 4.07. The standard InChI is InChI=1S/C21H21N3O5/c1-26-16-9-8-13(12-18(16)27-2)19-23-21(29-24-19)14-5-3-6-15(11-14)22-20(25)17-7-4-10-28-17/h3,5-6,8-9,11-12,17H,4,7,10H2,1-2H3,(H,22,25). The maximum Gasteiger partial charge on any atom is 0.258 e. The Bertz CT molecular complexity index is 1010. The van der Waals surface area contributed by atoms with Crippen LogP contribution >= 0.6 is 0 Å². The van der Waals surface area contributed by atoms with Crippen LogP contribution in [0.1, 0.15) is 12.8 Å². The predicted molar refractivity (Wildman–Crippen MR) is 106 cm³/mol. The zero-order chi connectivity index (χ0) is 20.2. The van der Waals surface area contributed by atoms with Crippen molar-refractivity contribution in [1.29, 1.82) is 0 Å². The van der Waals surface area contributed by atoms with Crippen molar-refractivity contribution < 1.29 is 23.5 Å².